The number of amides is 1. The van der Waals surface area contributed by atoms with Crippen LogP contribution in [0.4, 0.5) is 8.78 Å². The molecule has 2 aliphatic rings. The lowest BCUT2D eigenvalue weighted by molar-refractivity contribution is -0.121. The molecule has 194 valence electrons. The van der Waals surface area contributed by atoms with Crippen molar-refractivity contribution in [2.24, 2.45) is 5.92 Å². The van der Waals surface area contributed by atoms with Crippen molar-refractivity contribution in [1.29, 1.82) is 0 Å². The molecule has 4 rings (SSSR count). The Bertz CT molecular complexity index is 986. The minimum atomic E-state index is -2.91. The maximum atomic E-state index is 13.1. The van der Waals surface area contributed by atoms with E-state index in [0.29, 0.717) is 24.6 Å². The molecule has 2 aromatic rings. The van der Waals surface area contributed by atoms with Crippen molar-refractivity contribution in [1.82, 2.24) is 20.2 Å². The minimum absolute atomic E-state index is 0.0775. The zero-order valence-corrected chi connectivity index (χ0v) is 21.9. The van der Waals surface area contributed by atoms with Crippen LogP contribution < -0.4 is 10.1 Å². The van der Waals surface area contributed by atoms with Gasteiger partial charge in [-0.1, -0.05) is 11.3 Å². The topological polar surface area (TPSA) is 87.6 Å². The summed E-state index contributed by atoms with van der Waals surface area (Å²) in [5, 5.41) is 15.0. The number of β-amino-alcohol motifs (C(OH)–C–C–N with tert-alkyl or cyclic N) is 1. The Morgan fingerprint density at radius 1 is 1.31 bits per heavy atom. The summed E-state index contributed by atoms with van der Waals surface area (Å²) in [6.07, 6.45) is 7.44. The van der Waals surface area contributed by atoms with E-state index in [0.717, 1.165) is 73.3 Å². The fraction of sp³-hybridized carbons (Fsp3) is 0.708. The van der Waals surface area contributed by atoms with Gasteiger partial charge >= 0.3 is 0 Å². The van der Waals surface area contributed by atoms with Gasteiger partial charge in [-0.3, -0.25) is 9.69 Å². The molecule has 1 aliphatic carbocycles. The lowest BCUT2D eigenvalue weighted by Gasteiger charge is -2.31. The molecule has 0 aromatic carbocycles. The Hall–Kier alpha value is -1.69. The number of aliphatic hydroxyl groups excluding tert-OH is 1. The first kappa shape index (κ1) is 26.4. The monoisotopic (exact) mass is 528 g/mol. The number of carbonyl (C=O) groups is 1. The molecule has 1 amide bonds. The number of thiazole rings is 2. The predicted molar refractivity (Wildman–Crippen MR) is 132 cm³/mol. The zero-order valence-electron chi connectivity index (χ0n) is 20.3. The molecule has 1 fully saturated rings. The average Bonchev–Trinajstić information content (AvgIpc) is 3.36. The second-order valence-electron chi connectivity index (χ2n) is 9.81. The van der Waals surface area contributed by atoms with E-state index in [9.17, 15) is 18.7 Å². The molecule has 1 saturated carbocycles. The molecular weight excluding hydrogens is 494 g/mol. The van der Waals surface area contributed by atoms with Crippen molar-refractivity contribution < 1.29 is 23.4 Å². The molecule has 35 heavy (non-hydrogen) atoms. The van der Waals surface area contributed by atoms with Crippen LogP contribution in [0.5, 0.6) is 5.19 Å². The maximum absolute atomic E-state index is 13.1. The van der Waals surface area contributed by atoms with Gasteiger partial charge in [0.05, 0.1) is 17.1 Å². The normalized spacial score (nSPS) is 23.5. The number of halogens is 2. The second kappa shape index (κ2) is 11.6. The molecule has 2 N–H and O–H groups in total. The van der Waals surface area contributed by atoms with Crippen molar-refractivity contribution in [2.45, 2.75) is 76.9 Å². The molecule has 0 saturated heterocycles. The molecule has 11 heteroatoms. The van der Waals surface area contributed by atoms with Gasteiger partial charge in [-0.15, -0.1) is 11.3 Å². The number of rotatable bonds is 9. The first-order chi connectivity index (χ1) is 16.6. The van der Waals surface area contributed by atoms with Crippen LogP contribution >= 0.6 is 22.7 Å². The smallest absolute Gasteiger partial charge is 0.278 e. The standard InChI is InChI=1S/C24H34F2N4O3S2/c1-15-27-12-18(34-15)11-21(32)28-17-5-3-16(4-6-17)7-9-30-10-8-20-22(19(31)13-30)29-23(35-20)33-14-24(2,25)26/h12,16-17,19,31H,3-11,13-14H2,1-2H3,(H,28,32)/t16-,17-,19?. The third-order valence-corrected chi connectivity index (χ3v) is 8.58. The lowest BCUT2D eigenvalue weighted by atomic mass is 9.84. The number of aliphatic hydroxyl groups is 1. The van der Waals surface area contributed by atoms with Crippen LogP contribution in [0.25, 0.3) is 0 Å². The predicted octanol–water partition coefficient (Wildman–Crippen LogP) is 4.14. The van der Waals surface area contributed by atoms with Crippen LogP contribution in [0, 0.1) is 12.8 Å². The fourth-order valence-electron chi connectivity index (χ4n) is 4.80. The molecule has 3 heterocycles. The zero-order chi connectivity index (χ0) is 25.0. The van der Waals surface area contributed by atoms with E-state index in [2.05, 4.69) is 20.2 Å². The highest BCUT2D eigenvalue weighted by Crippen LogP contribution is 2.34. The van der Waals surface area contributed by atoms with Crippen LogP contribution in [0.2, 0.25) is 0 Å². The van der Waals surface area contributed by atoms with Crippen LogP contribution in [-0.4, -0.2) is 64.1 Å². The lowest BCUT2D eigenvalue weighted by Crippen LogP contribution is -2.39. The molecule has 7 nitrogen and oxygen atoms in total. The number of nitrogens with one attached hydrogen (secondary N) is 1. The van der Waals surface area contributed by atoms with Crippen LogP contribution in [0.15, 0.2) is 6.20 Å². The van der Waals surface area contributed by atoms with E-state index in [1.54, 1.807) is 17.5 Å². The van der Waals surface area contributed by atoms with Crippen LogP contribution in [0.3, 0.4) is 0 Å². The van der Waals surface area contributed by atoms with Gasteiger partial charge in [0.25, 0.3) is 11.1 Å². The van der Waals surface area contributed by atoms with E-state index >= 15 is 0 Å². The van der Waals surface area contributed by atoms with E-state index in [4.69, 9.17) is 4.74 Å². The summed E-state index contributed by atoms with van der Waals surface area (Å²) in [4.78, 5) is 25.0. The van der Waals surface area contributed by atoms with Gasteiger partial charge in [0, 0.05) is 42.0 Å². The van der Waals surface area contributed by atoms with Gasteiger partial charge < -0.3 is 15.2 Å². The Morgan fingerprint density at radius 2 is 2.09 bits per heavy atom. The van der Waals surface area contributed by atoms with Crippen molar-refractivity contribution in [3.05, 3.63) is 26.7 Å². The third-order valence-electron chi connectivity index (χ3n) is 6.63. The van der Waals surface area contributed by atoms with Crippen molar-refractivity contribution in [2.75, 3.05) is 26.2 Å². The summed E-state index contributed by atoms with van der Waals surface area (Å²) < 4.78 is 31.2. The summed E-state index contributed by atoms with van der Waals surface area (Å²) >= 11 is 2.83. The number of aromatic nitrogens is 2. The summed E-state index contributed by atoms with van der Waals surface area (Å²) in [6, 6.07) is 0.249. The van der Waals surface area contributed by atoms with Crippen molar-refractivity contribution in [3.8, 4) is 5.19 Å². The number of hydrogen-bond acceptors (Lipinski definition) is 8. The molecule has 1 aliphatic heterocycles. The van der Waals surface area contributed by atoms with Crippen molar-refractivity contribution >= 4 is 28.6 Å². The number of carbonyl (C=O) groups excluding carboxylic acids is 1. The molecule has 0 spiro atoms. The Labute approximate surface area is 212 Å². The highest BCUT2D eigenvalue weighted by atomic mass is 32.1. The number of hydrogen-bond donors (Lipinski definition) is 2. The number of alkyl halides is 2. The largest absolute Gasteiger partial charge is 0.464 e. The van der Waals surface area contributed by atoms with Gasteiger partial charge in [-0.25, -0.2) is 18.7 Å². The minimum Gasteiger partial charge on any atom is -0.464 e. The Balaban J connectivity index is 1.16. The van der Waals surface area contributed by atoms with Crippen LogP contribution in [-0.2, 0) is 17.6 Å². The van der Waals surface area contributed by atoms with E-state index < -0.39 is 18.6 Å². The highest BCUT2D eigenvalue weighted by molar-refractivity contribution is 7.13. The van der Waals surface area contributed by atoms with Crippen molar-refractivity contribution in [3.63, 3.8) is 0 Å². The molecule has 1 unspecified atom stereocenters. The molecule has 0 bridgehead atoms. The van der Waals surface area contributed by atoms with Crippen LogP contribution in [0.1, 0.15) is 65.6 Å². The van der Waals surface area contributed by atoms with Gasteiger partial charge in [-0.05, 0) is 57.9 Å². The number of nitrogens with zero attached hydrogens (tertiary/aromatic N) is 3. The molecule has 1 atom stereocenters. The second-order valence-corrected chi connectivity index (χ2v) is 12.2. The maximum Gasteiger partial charge on any atom is 0.278 e. The summed E-state index contributed by atoms with van der Waals surface area (Å²) in [5.74, 6) is -2.21. The first-order valence-electron chi connectivity index (χ1n) is 12.3. The molecule has 2 aromatic heterocycles. The summed E-state index contributed by atoms with van der Waals surface area (Å²) in [5.41, 5.74) is 0.566. The molecule has 0 radical (unpaired) electrons. The third kappa shape index (κ3) is 7.90. The summed E-state index contributed by atoms with van der Waals surface area (Å²) in [7, 11) is 0. The quantitative estimate of drug-likeness (QED) is 0.509. The molecular formula is C24H34F2N4O3S2. The van der Waals surface area contributed by atoms with E-state index in [1.807, 2.05) is 6.92 Å². The van der Waals surface area contributed by atoms with E-state index in [1.165, 1.54) is 11.3 Å². The number of aryl methyl sites for hydroxylation is 1. The van der Waals surface area contributed by atoms with Gasteiger partial charge in [0.1, 0.15) is 6.10 Å². The highest BCUT2D eigenvalue weighted by Gasteiger charge is 2.29. The number of fused-ring (bicyclic) bond motifs is 1. The van der Waals surface area contributed by atoms with Gasteiger partial charge in [-0.2, -0.15) is 0 Å². The Morgan fingerprint density at radius 3 is 2.77 bits per heavy atom. The SMILES string of the molecule is Cc1ncc(CC(=O)N[C@H]2CC[C@H](CCN3CCc4sc(OCC(C)(F)F)nc4C(O)C3)CC2)s1. The van der Waals surface area contributed by atoms with E-state index in [-0.39, 0.29) is 17.1 Å². The number of ether oxygens (including phenoxy) is 1. The first-order valence-corrected chi connectivity index (χ1v) is 13.9. The average molecular weight is 529 g/mol. The fourth-order valence-corrected chi connectivity index (χ4v) is 6.55. The van der Waals surface area contributed by atoms with Gasteiger partial charge in [0.15, 0.2) is 6.61 Å². The summed E-state index contributed by atoms with van der Waals surface area (Å²) in [6.45, 7) is 4.25. The van der Waals surface area contributed by atoms with Gasteiger partial charge in [0.2, 0.25) is 5.91 Å². The Kier molecular flexibility index (Phi) is 8.72.